The molecule has 3 N–H and O–H groups in total. The third-order valence-electron chi connectivity index (χ3n) is 15.2. The zero-order chi connectivity index (χ0) is 47.7. The number of aliphatic hydroxyl groups is 1. The molecule has 1 aromatic carbocycles. The Bertz CT molecular complexity index is 3150. The molecule has 3 amide bonds. The first kappa shape index (κ1) is 44.9. The number of carbonyl (C=O) groups is 3. The minimum atomic E-state index is -0.624. The molecular formula is C51H57N11O6S. The number of imide groups is 1. The first-order chi connectivity index (χ1) is 33.4. The smallest absolute Gasteiger partial charge is 0.274 e. The van der Waals surface area contributed by atoms with Gasteiger partial charge in [-0.15, -0.1) is 11.3 Å². The van der Waals surface area contributed by atoms with Crippen molar-refractivity contribution < 1.29 is 19.5 Å². The third-order valence-corrected chi connectivity index (χ3v) is 16.5. The Morgan fingerprint density at radius 2 is 1.65 bits per heavy atom. The summed E-state index contributed by atoms with van der Waals surface area (Å²) < 4.78 is 4.75. The molecule has 3 fully saturated rings. The van der Waals surface area contributed by atoms with E-state index >= 15 is 0 Å². The number of nitrogens with one attached hydrogen (secondary N) is 2. The summed E-state index contributed by atoms with van der Waals surface area (Å²) in [6.07, 6.45) is 13.0. The first-order valence-corrected chi connectivity index (χ1v) is 25.1. The molecule has 4 aliphatic heterocycles. The van der Waals surface area contributed by atoms with Crippen LogP contribution in [0.15, 0.2) is 70.6 Å². The number of aryl methyl sites for hydroxylation is 2. The number of amides is 3. The number of carbonyl (C=O) groups excluding carboxylic acids is 3. The van der Waals surface area contributed by atoms with Gasteiger partial charge in [0.15, 0.2) is 0 Å². The second-order valence-corrected chi connectivity index (χ2v) is 20.3. The van der Waals surface area contributed by atoms with Crippen LogP contribution >= 0.6 is 11.3 Å². The number of piperidine rings is 2. The average molecular weight is 952 g/mol. The maximum Gasteiger partial charge on any atom is 0.274 e. The number of nitrogens with zero attached hydrogens (tertiary/aromatic N) is 9. The van der Waals surface area contributed by atoms with Crippen molar-refractivity contribution in [2.75, 3.05) is 59.3 Å². The Balaban J connectivity index is 0.735. The van der Waals surface area contributed by atoms with Crippen LogP contribution in [0.3, 0.4) is 0 Å². The second-order valence-electron chi connectivity index (χ2n) is 19.2. The Labute approximate surface area is 403 Å². The van der Waals surface area contributed by atoms with E-state index in [2.05, 4.69) is 37.2 Å². The van der Waals surface area contributed by atoms with Crippen LogP contribution in [0.5, 0.6) is 0 Å². The van der Waals surface area contributed by atoms with Crippen LogP contribution in [0.4, 0.5) is 28.7 Å². The van der Waals surface area contributed by atoms with Gasteiger partial charge in [-0.05, 0) is 117 Å². The lowest BCUT2D eigenvalue weighted by Crippen LogP contribution is -2.57. The summed E-state index contributed by atoms with van der Waals surface area (Å²) in [4.78, 5) is 86.0. The number of fused-ring (bicyclic) bond motifs is 4. The van der Waals surface area contributed by atoms with Gasteiger partial charge in [0.1, 0.15) is 23.4 Å². The van der Waals surface area contributed by atoms with Gasteiger partial charge in [-0.25, -0.2) is 9.97 Å². The molecule has 1 aliphatic carbocycles. The fourth-order valence-electron chi connectivity index (χ4n) is 11.6. The van der Waals surface area contributed by atoms with Crippen LogP contribution in [0.25, 0.3) is 22.0 Å². The molecule has 69 heavy (non-hydrogen) atoms. The lowest BCUT2D eigenvalue weighted by molar-refractivity contribution is -0.136. The summed E-state index contributed by atoms with van der Waals surface area (Å²) in [5.41, 5.74) is 7.17. The largest absolute Gasteiger partial charge is 0.392 e. The molecule has 11 rings (SSSR count). The summed E-state index contributed by atoms with van der Waals surface area (Å²) in [5.74, 6) is 0.246. The van der Waals surface area contributed by atoms with E-state index in [1.807, 2.05) is 42.6 Å². The molecule has 6 aromatic rings. The zero-order valence-corrected chi connectivity index (χ0v) is 40.1. The number of rotatable bonds is 9. The molecule has 18 heteroatoms. The topological polar surface area (TPSA) is 183 Å². The number of thiophene rings is 1. The van der Waals surface area contributed by atoms with E-state index in [-0.39, 0.29) is 47.9 Å². The Kier molecular flexibility index (Phi) is 11.7. The molecule has 9 heterocycles. The second kappa shape index (κ2) is 18.0. The van der Waals surface area contributed by atoms with Crippen LogP contribution in [0, 0.1) is 0 Å². The average Bonchev–Trinajstić information content (AvgIpc) is 3.86. The van der Waals surface area contributed by atoms with E-state index in [0.29, 0.717) is 63.9 Å². The molecule has 3 saturated heterocycles. The number of aromatic nitrogens is 5. The molecule has 2 atom stereocenters. The van der Waals surface area contributed by atoms with Crippen molar-refractivity contribution in [1.82, 2.24) is 34.1 Å². The molecular weight excluding hydrogens is 895 g/mol. The van der Waals surface area contributed by atoms with E-state index < -0.39 is 6.04 Å². The normalized spacial score (nSPS) is 20.3. The minimum absolute atomic E-state index is 0.0637. The number of piperazine rings is 1. The number of aliphatic hydroxyl groups excluding tert-OH is 1. The Hall–Kier alpha value is -6.63. The lowest BCUT2D eigenvalue weighted by atomic mass is 9.92. The molecule has 0 saturated carbocycles. The monoisotopic (exact) mass is 951 g/mol. The van der Waals surface area contributed by atoms with E-state index in [4.69, 9.17) is 4.98 Å². The predicted octanol–water partition coefficient (Wildman–Crippen LogP) is 5.03. The summed E-state index contributed by atoms with van der Waals surface area (Å²) in [6, 6.07) is 13.5. The van der Waals surface area contributed by atoms with Crippen LogP contribution in [-0.2, 0) is 49.6 Å². The number of benzene rings is 1. The van der Waals surface area contributed by atoms with E-state index in [0.717, 1.165) is 93.9 Å². The molecule has 0 radical (unpaired) electrons. The maximum atomic E-state index is 14.0. The fraction of sp³-hybridized carbons (Fsp3) is 0.431. The van der Waals surface area contributed by atoms with Gasteiger partial charge < -0.3 is 24.8 Å². The summed E-state index contributed by atoms with van der Waals surface area (Å²) in [6.45, 7) is 6.83. The summed E-state index contributed by atoms with van der Waals surface area (Å²) in [7, 11) is 3.37. The molecule has 1 unspecified atom stereocenters. The van der Waals surface area contributed by atoms with Crippen molar-refractivity contribution in [3.05, 3.63) is 108 Å². The standard InChI is InChI=1S/C51H57N11O6S/c1-30-27-59(32-15-19-58(20-16-32)33-8-10-38-42(25-33)62(57(3)49(38)66)41-11-13-45(64)55-48(41)65)22-23-60(30)34-9-12-44(53-26-34)54-40-24-31(28-56(2)50(40)67)35-14-18-52-47(39(35)29-63)61-21-17-37-36-6-4-5-7-43(36)69-46(37)51(61)68/h8-10,12,14,18,24-26,28,30,32,41,63H,4-7,11,13,15-17,19-23,27,29H2,1-3H3,(H,53,54)(H,55,64,65)/t30-,41?/m0/s1. The molecule has 358 valence electrons. The van der Waals surface area contributed by atoms with Crippen molar-refractivity contribution >= 4 is 68.7 Å². The van der Waals surface area contributed by atoms with Crippen LogP contribution in [-0.4, -0.2) is 103 Å². The summed E-state index contributed by atoms with van der Waals surface area (Å²) in [5, 5.41) is 17.0. The van der Waals surface area contributed by atoms with Gasteiger partial charge in [0.25, 0.3) is 22.9 Å². The highest BCUT2D eigenvalue weighted by Gasteiger charge is 2.36. The van der Waals surface area contributed by atoms with Crippen LogP contribution < -0.4 is 36.5 Å². The van der Waals surface area contributed by atoms with E-state index in [1.165, 1.54) is 25.3 Å². The first-order valence-electron chi connectivity index (χ1n) is 24.2. The fourth-order valence-corrected chi connectivity index (χ4v) is 13.0. The zero-order valence-electron chi connectivity index (χ0n) is 39.2. The number of hydrogen-bond donors (Lipinski definition) is 3. The predicted molar refractivity (Wildman–Crippen MR) is 267 cm³/mol. The van der Waals surface area contributed by atoms with Gasteiger partial charge in [0.05, 0.1) is 34.3 Å². The van der Waals surface area contributed by atoms with Crippen molar-refractivity contribution in [2.24, 2.45) is 14.1 Å². The third kappa shape index (κ3) is 8.01. The van der Waals surface area contributed by atoms with Crippen LogP contribution in [0.2, 0.25) is 0 Å². The SMILES string of the molecule is C[C@H]1CN(C2CCN(c3ccc4c(=O)n(C)n(C5CCC(=O)NC5=O)c4c3)CC2)CCN1c1ccc(Nc2cc(-c3ccnc(N4CCc5c(sc6c5CCCC6)C4=O)c3CO)cn(C)c2=O)nc1. The molecule has 5 aromatic heterocycles. The number of pyridine rings is 3. The van der Waals surface area contributed by atoms with Gasteiger partial charge in [-0.1, -0.05) is 0 Å². The highest BCUT2D eigenvalue weighted by molar-refractivity contribution is 7.14. The lowest BCUT2D eigenvalue weighted by Gasteiger charge is -2.46. The summed E-state index contributed by atoms with van der Waals surface area (Å²) >= 11 is 1.62. The van der Waals surface area contributed by atoms with Gasteiger partial charge in [-0.2, -0.15) is 0 Å². The van der Waals surface area contributed by atoms with Crippen molar-refractivity contribution in [3.8, 4) is 11.1 Å². The van der Waals surface area contributed by atoms with E-state index in [9.17, 15) is 29.1 Å². The minimum Gasteiger partial charge on any atom is -0.392 e. The highest BCUT2D eigenvalue weighted by atomic mass is 32.1. The molecule has 17 nitrogen and oxygen atoms in total. The quantitative estimate of drug-likeness (QED) is 0.165. The molecule has 0 spiro atoms. The van der Waals surface area contributed by atoms with E-state index in [1.54, 1.807) is 53.5 Å². The van der Waals surface area contributed by atoms with Crippen molar-refractivity contribution in [3.63, 3.8) is 0 Å². The van der Waals surface area contributed by atoms with Crippen LogP contribution in [0.1, 0.15) is 82.7 Å². The van der Waals surface area contributed by atoms with Gasteiger partial charge in [0, 0.05) is 106 Å². The van der Waals surface area contributed by atoms with Gasteiger partial charge in [-0.3, -0.25) is 48.5 Å². The molecule has 0 bridgehead atoms. The van der Waals surface area contributed by atoms with Crippen molar-refractivity contribution in [1.29, 1.82) is 0 Å². The Morgan fingerprint density at radius 1 is 0.841 bits per heavy atom. The number of anilines is 5. The van der Waals surface area contributed by atoms with Gasteiger partial charge in [0.2, 0.25) is 5.91 Å². The highest BCUT2D eigenvalue weighted by Crippen LogP contribution is 2.40. The van der Waals surface area contributed by atoms with Gasteiger partial charge >= 0.3 is 0 Å². The van der Waals surface area contributed by atoms with Crippen molar-refractivity contribution in [2.45, 2.75) is 89.4 Å². The number of hydrogen-bond acceptors (Lipinski definition) is 13. The maximum absolute atomic E-state index is 14.0. The Morgan fingerprint density at radius 3 is 2.42 bits per heavy atom. The molecule has 5 aliphatic rings.